The third kappa shape index (κ3) is 2.36. The number of ether oxygens (including phenoxy) is 3. The van der Waals surface area contributed by atoms with Crippen LogP contribution in [0.1, 0.15) is 44.1 Å². The fraction of sp³-hybridized carbons (Fsp3) is 0.700. The lowest BCUT2D eigenvalue weighted by Crippen LogP contribution is -2.71. The summed E-state index contributed by atoms with van der Waals surface area (Å²) >= 11 is 0. The van der Waals surface area contributed by atoms with Gasteiger partial charge in [-0.15, -0.1) is 0 Å². The Morgan fingerprint density at radius 1 is 0.696 bits per heavy atom. The molecule has 0 N–H and O–H groups in total. The molecule has 0 spiro atoms. The summed E-state index contributed by atoms with van der Waals surface area (Å²) in [6.45, 7) is 0. The van der Waals surface area contributed by atoms with Gasteiger partial charge in [-0.1, -0.05) is 30.3 Å². The molecule has 4 saturated carbocycles. The van der Waals surface area contributed by atoms with Gasteiger partial charge < -0.3 is 14.2 Å². The van der Waals surface area contributed by atoms with E-state index in [2.05, 4.69) is 30.3 Å². The van der Waals surface area contributed by atoms with Crippen LogP contribution in [0.4, 0.5) is 0 Å². The summed E-state index contributed by atoms with van der Waals surface area (Å²) in [5.74, 6) is 0. The lowest BCUT2D eigenvalue weighted by molar-refractivity contribution is -0.298. The van der Waals surface area contributed by atoms with Crippen molar-refractivity contribution >= 4 is 0 Å². The van der Waals surface area contributed by atoms with Crippen molar-refractivity contribution in [3.8, 4) is 0 Å². The van der Waals surface area contributed by atoms with Crippen LogP contribution in [0.25, 0.3) is 0 Å². The molecule has 23 heavy (non-hydrogen) atoms. The number of benzene rings is 1. The molecule has 0 aromatic heterocycles. The number of rotatable bonds is 5. The molecule has 0 saturated heterocycles. The Bertz CT molecular complexity index is 524. The van der Waals surface area contributed by atoms with Gasteiger partial charge in [0.2, 0.25) is 0 Å². The van der Waals surface area contributed by atoms with Crippen LogP contribution in [0.2, 0.25) is 0 Å². The summed E-state index contributed by atoms with van der Waals surface area (Å²) in [7, 11) is 5.61. The SMILES string of the molecule is COC12CC3(Cc4ccccc4)CC(OC)(C1)CC(OC)(C3)C2. The van der Waals surface area contributed by atoms with Crippen molar-refractivity contribution in [3.63, 3.8) is 0 Å². The first kappa shape index (κ1) is 15.6. The zero-order valence-corrected chi connectivity index (χ0v) is 14.6. The Morgan fingerprint density at radius 3 is 1.52 bits per heavy atom. The van der Waals surface area contributed by atoms with Crippen LogP contribution in [0.3, 0.4) is 0 Å². The average Bonchev–Trinajstić information content (AvgIpc) is 2.54. The molecule has 0 unspecified atom stereocenters. The van der Waals surface area contributed by atoms with Crippen molar-refractivity contribution in [1.29, 1.82) is 0 Å². The molecule has 4 fully saturated rings. The second kappa shape index (κ2) is 5.05. The third-order valence-electron chi connectivity index (χ3n) is 6.75. The highest BCUT2D eigenvalue weighted by molar-refractivity contribution is 5.25. The summed E-state index contributed by atoms with van der Waals surface area (Å²) in [6.07, 6.45) is 7.50. The van der Waals surface area contributed by atoms with Crippen molar-refractivity contribution in [3.05, 3.63) is 35.9 Å². The lowest BCUT2D eigenvalue weighted by Gasteiger charge is -2.69. The highest BCUT2D eigenvalue weighted by Gasteiger charge is 2.69. The van der Waals surface area contributed by atoms with Gasteiger partial charge in [0.05, 0.1) is 16.8 Å². The summed E-state index contributed by atoms with van der Waals surface area (Å²) in [6, 6.07) is 10.9. The van der Waals surface area contributed by atoms with Crippen LogP contribution in [0, 0.1) is 5.41 Å². The maximum atomic E-state index is 6.11. The average molecular weight is 316 g/mol. The van der Waals surface area contributed by atoms with E-state index >= 15 is 0 Å². The molecule has 0 aliphatic heterocycles. The minimum Gasteiger partial charge on any atom is -0.378 e. The minimum atomic E-state index is -0.0877. The zero-order chi connectivity index (χ0) is 16.2. The van der Waals surface area contributed by atoms with Crippen molar-refractivity contribution in [2.24, 2.45) is 5.41 Å². The van der Waals surface area contributed by atoms with Crippen LogP contribution in [-0.2, 0) is 20.6 Å². The van der Waals surface area contributed by atoms with E-state index in [9.17, 15) is 0 Å². The van der Waals surface area contributed by atoms with Crippen LogP contribution in [0.5, 0.6) is 0 Å². The molecule has 0 radical (unpaired) electrons. The first-order valence-corrected chi connectivity index (χ1v) is 8.70. The maximum Gasteiger partial charge on any atom is 0.0739 e. The molecule has 4 aliphatic carbocycles. The van der Waals surface area contributed by atoms with E-state index in [0.717, 1.165) is 44.9 Å². The predicted molar refractivity (Wildman–Crippen MR) is 89.5 cm³/mol. The summed E-state index contributed by atoms with van der Waals surface area (Å²) < 4.78 is 18.3. The zero-order valence-electron chi connectivity index (χ0n) is 14.6. The van der Waals surface area contributed by atoms with E-state index in [1.807, 2.05) is 21.3 Å². The second-order valence-corrected chi connectivity index (χ2v) is 8.38. The first-order chi connectivity index (χ1) is 11.0. The predicted octanol–water partition coefficient (Wildman–Crippen LogP) is 3.75. The molecular formula is C20H28O3. The van der Waals surface area contributed by atoms with Gasteiger partial charge in [0.1, 0.15) is 0 Å². The van der Waals surface area contributed by atoms with Gasteiger partial charge in [0.25, 0.3) is 0 Å². The normalized spacial score (nSPS) is 44.7. The smallest absolute Gasteiger partial charge is 0.0739 e. The molecule has 3 heteroatoms. The summed E-state index contributed by atoms with van der Waals surface area (Å²) in [5.41, 5.74) is 1.37. The minimum absolute atomic E-state index is 0.0877. The van der Waals surface area contributed by atoms with E-state index in [4.69, 9.17) is 14.2 Å². The topological polar surface area (TPSA) is 27.7 Å². The molecule has 4 aliphatic rings. The van der Waals surface area contributed by atoms with Gasteiger partial charge in [-0.3, -0.25) is 0 Å². The quantitative estimate of drug-likeness (QED) is 0.828. The van der Waals surface area contributed by atoms with Gasteiger partial charge in [0.15, 0.2) is 0 Å². The Kier molecular flexibility index (Phi) is 3.43. The summed E-state index contributed by atoms with van der Waals surface area (Å²) in [4.78, 5) is 0. The molecular weight excluding hydrogens is 288 g/mol. The van der Waals surface area contributed by atoms with Gasteiger partial charge in [0, 0.05) is 40.6 Å². The molecule has 5 rings (SSSR count). The molecule has 0 amide bonds. The van der Waals surface area contributed by atoms with Gasteiger partial charge in [-0.05, 0) is 36.7 Å². The summed E-state index contributed by atoms with van der Waals surface area (Å²) in [5, 5.41) is 0. The molecule has 0 atom stereocenters. The molecule has 0 heterocycles. The van der Waals surface area contributed by atoms with Gasteiger partial charge in [-0.2, -0.15) is 0 Å². The fourth-order valence-electron chi connectivity index (χ4n) is 6.43. The Balaban J connectivity index is 1.75. The number of hydrogen-bond donors (Lipinski definition) is 0. The number of methoxy groups -OCH3 is 3. The monoisotopic (exact) mass is 316 g/mol. The van der Waals surface area contributed by atoms with Crippen molar-refractivity contribution in [2.45, 2.75) is 61.7 Å². The van der Waals surface area contributed by atoms with E-state index in [0.29, 0.717) is 0 Å². The van der Waals surface area contributed by atoms with Crippen LogP contribution < -0.4 is 0 Å². The van der Waals surface area contributed by atoms with E-state index in [1.54, 1.807) is 0 Å². The molecule has 126 valence electrons. The molecule has 1 aromatic carbocycles. The fourth-order valence-corrected chi connectivity index (χ4v) is 6.43. The Hall–Kier alpha value is -0.900. The Morgan fingerprint density at radius 2 is 1.13 bits per heavy atom. The standard InChI is InChI=1S/C20H28O3/c1-21-18-10-17(9-16-7-5-4-6-8-16)11-19(13-18,22-2)15-20(12-17,14-18)23-3/h4-8H,9-15H2,1-3H3. The van der Waals surface area contributed by atoms with Crippen LogP contribution in [0.15, 0.2) is 30.3 Å². The molecule has 4 bridgehead atoms. The second-order valence-electron chi connectivity index (χ2n) is 8.38. The van der Waals surface area contributed by atoms with E-state index < -0.39 is 0 Å². The maximum absolute atomic E-state index is 6.11. The van der Waals surface area contributed by atoms with Crippen molar-refractivity contribution in [1.82, 2.24) is 0 Å². The Labute approximate surface area is 139 Å². The van der Waals surface area contributed by atoms with Crippen molar-refractivity contribution in [2.75, 3.05) is 21.3 Å². The largest absolute Gasteiger partial charge is 0.378 e. The molecule has 3 nitrogen and oxygen atoms in total. The van der Waals surface area contributed by atoms with Crippen LogP contribution in [-0.4, -0.2) is 38.1 Å². The van der Waals surface area contributed by atoms with Crippen molar-refractivity contribution < 1.29 is 14.2 Å². The first-order valence-electron chi connectivity index (χ1n) is 8.70. The van der Waals surface area contributed by atoms with E-state index in [-0.39, 0.29) is 22.2 Å². The van der Waals surface area contributed by atoms with E-state index in [1.165, 1.54) is 5.56 Å². The third-order valence-corrected chi connectivity index (χ3v) is 6.75. The van der Waals surface area contributed by atoms with Gasteiger partial charge >= 0.3 is 0 Å². The molecule has 1 aromatic rings. The highest BCUT2D eigenvalue weighted by Crippen LogP contribution is 2.68. The lowest BCUT2D eigenvalue weighted by atomic mass is 9.43. The number of hydrogen-bond acceptors (Lipinski definition) is 3. The van der Waals surface area contributed by atoms with Crippen LogP contribution >= 0.6 is 0 Å². The highest BCUT2D eigenvalue weighted by atomic mass is 16.5. The van der Waals surface area contributed by atoms with Gasteiger partial charge in [-0.25, -0.2) is 0 Å².